The summed E-state index contributed by atoms with van der Waals surface area (Å²) >= 11 is 5.77. The Morgan fingerprint density at radius 2 is 2.05 bits per heavy atom. The van der Waals surface area contributed by atoms with E-state index in [0.717, 1.165) is 29.6 Å². The largest absolute Gasteiger partial charge is 0.270 e. The third-order valence-corrected chi connectivity index (χ3v) is 5.07. The number of sulfonamides is 1. The first kappa shape index (κ1) is 16.9. The highest BCUT2D eigenvalue weighted by Crippen LogP contribution is 2.21. The second-order valence-electron chi connectivity index (χ2n) is 4.98. The number of nitrogens with one attached hydrogen (secondary N) is 1. The molecule has 5 nitrogen and oxygen atoms in total. The molecule has 0 unspecified atom stereocenters. The number of benzene rings is 1. The molecule has 8 heteroatoms. The first-order chi connectivity index (χ1) is 10.3. The number of rotatable bonds is 6. The fourth-order valence-corrected chi connectivity index (χ4v) is 3.71. The molecule has 0 spiro atoms. The molecule has 0 aliphatic heterocycles. The smallest absolute Gasteiger partial charge is 0.242 e. The van der Waals surface area contributed by atoms with Gasteiger partial charge in [-0.15, -0.1) is 0 Å². The zero-order valence-electron chi connectivity index (χ0n) is 12.3. The molecule has 0 amide bonds. The van der Waals surface area contributed by atoms with Crippen LogP contribution in [0.15, 0.2) is 29.2 Å². The van der Waals surface area contributed by atoms with Gasteiger partial charge in [0.1, 0.15) is 10.7 Å². The van der Waals surface area contributed by atoms with Crippen LogP contribution in [0.3, 0.4) is 0 Å². The molecule has 0 bridgehead atoms. The average molecular weight is 346 g/mol. The van der Waals surface area contributed by atoms with E-state index in [4.69, 9.17) is 11.6 Å². The van der Waals surface area contributed by atoms with Gasteiger partial charge in [-0.25, -0.2) is 17.5 Å². The normalized spacial score (nSPS) is 11.8. The van der Waals surface area contributed by atoms with Crippen LogP contribution in [0.5, 0.6) is 0 Å². The minimum atomic E-state index is -3.75. The topological polar surface area (TPSA) is 64.0 Å². The lowest BCUT2D eigenvalue weighted by Crippen LogP contribution is -2.26. The van der Waals surface area contributed by atoms with E-state index in [-0.39, 0.29) is 16.5 Å². The summed E-state index contributed by atoms with van der Waals surface area (Å²) in [6.45, 7) is 4.71. The van der Waals surface area contributed by atoms with Gasteiger partial charge >= 0.3 is 0 Å². The highest BCUT2D eigenvalue weighted by molar-refractivity contribution is 7.89. The predicted octanol–water partition coefficient (Wildman–Crippen LogP) is 2.66. The zero-order valence-corrected chi connectivity index (χ0v) is 13.9. The van der Waals surface area contributed by atoms with Gasteiger partial charge in [0.25, 0.3) is 0 Å². The molecule has 2 rings (SSSR count). The molecule has 1 heterocycles. The molecular weight excluding hydrogens is 329 g/mol. The molecule has 1 aromatic carbocycles. The monoisotopic (exact) mass is 345 g/mol. The maximum atomic E-state index is 13.0. The minimum Gasteiger partial charge on any atom is -0.270 e. The van der Waals surface area contributed by atoms with Crippen LogP contribution in [0.4, 0.5) is 4.39 Å². The molecule has 0 fully saturated rings. The van der Waals surface area contributed by atoms with Crippen molar-refractivity contribution >= 4 is 21.6 Å². The lowest BCUT2D eigenvalue weighted by atomic mass is 10.3. The molecule has 2 aromatic rings. The van der Waals surface area contributed by atoms with Crippen LogP contribution in [0.25, 0.3) is 0 Å². The molecule has 0 atom stereocenters. The fourth-order valence-electron chi connectivity index (χ4n) is 2.11. The first-order valence-electron chi connectivity index (χ1n) is 6.75. The molecule has 0 radical (unpaired) electrons. The fraction of sp³-hybridized carbons (Fsp3) is 0.357. The molecule has 0 aliphatic carbocycles. The van der Waals surface area contributed by atoms with Gasteiger partial charge in [0.15, 0.2) is 0 Å². The number of hydrogen-bond acceptors (Lipinski definition) is 3. The summed E-state index contributed by atoms with van der Waals surface area (Å²) in [5.41, 5.74) is 1.96. The van der Waals surface area contributed by atoms with Crippen molar-refractivity contribution in [1.82, 2.24) is 14.5 Å². The molecule has 22 heavy (non-hydrogen) atoms. The van der Waals surface area contributed by atoms with Gasteiger partial charge in [0.05, 0.1) is 10.7 Å². The zero-order chi connectivity index (χ0) is 16.3. The standard InChI is InChI=1S/C14H17ClFN3O2S/c1-10-8-11(2)19(18-10)7-3-6-17-22(20,21)14-5-4-12(16)9-13(14)15/h4-5,8-9,17H,3,6-7H2,1-2H3. The average Bonchev–Trinajstić information content (AvgIpc) is 2.72. The lowest BCUT2D eigenvalue weighted by molar-refractivity contribution is 0.544. The van der Waals surface area contributed by atoms with Gasteiger partial charge < -0.3 is 0 Å². The van der Waals surface area contributed by atoms with Crippen molar-refractivity contribution in [1.29, 1.82) is 0 Å². The van der Waals surface area contributed by atoms with E-state index in [0.29, 0.717) is 13.0 Å². The van der Waals surface area contributed by atoms with Crippen LogP contribution < -0.4 is 4.72 Å². The van der Waals surface area contributed by atoms with Crippen LogP contribution in [0.1, 0.15) is 17.8 Å². The molecule has 0 saturated heterocycles. The van der Waals surface area contributed by atoms with Crippen molar-refractivity contribution in [2.75, 3.05) is 6.54 Å². The molecule has 1 N–H and O–H groups in total. The summed E-state index contributed by atoms with van der Waals surface area (Å²) < 4.78 is 41.5. The van der Waals surface area contributed by atoms with Crippen molar-refractivity contribution in [2.45, 2.75) is 31.7 Å². The number of aryl methyl sites for hydroxylation is 3. The van der Waals surface area contributed by atoms with Crippen molar-refractivity contribution < 1.29 is 12.8 Å². The van der Waals surface area contributed by atoms with Crippen molar-refractivity contribution in [3.8, 4) is 0 Å². The highest BCUT2D eigenvalue weighted by atomic mass is 35.5. The van der Waals surface area contributed by atoms with E-state index in [1.807, 2.05) is 24.6 Å². The summed E-state index contributed by atoms with van der Waals surface area (Å²) in [4.78, 5) is -0.123. The maximum Gasteiger partial charge on any atom is 0.242 e. The Balaban J connectivity index is 1.94. The van der Waals surface area contributed by atoms with E-state index in [1.54, 1.807) is 0 Å². The third-order valence-electron chi connectivity index (χ3n) is 3.13. The van der Waals surface area contributed by atoms with E-state index in [1.165, 1.54) is 0 Å². The summed E-state index contributed by atoms with van der Waals surface area (Å²) in [7, 11) is -3.75. The van der Waals surface area contributed by atoms with Gasteiger partial charge in [-0.2, -0.15) is 5.10 Å². The van der Waals surface area contributed by atoms with Crippen molar-refractivity contribution in [2.24, 2.45) is 0 Å². The molecular formula is C14H17ClFN3O2S. The molecule has 0 aliphatic rings. The van der Waals surface area contributed by atoms with Gasteiger partial charge in [0.2, 0.25) is 10.0 Å². The summed E-state index contributed by atoms with van der Waals surface area (Å²) in [6, 6.07) is 5.16. The van der Waals surface area contributed by atoms with Crippen LogP contribution in [0.2, 0.25) is 5.02 Å². The number of halogens is 2. The number of nitrogens with zero attached hydrogens (tertiary/aromatic N) is 2. The van der Waals surface area contributed by atoms with Gasteiger partial charge in [0, 0.05) is 18.8 Å². The lowest BCUT2D eigenvalue weighted by Gasteiger charge is -2.09. The SMILES string of the molecule is Cc1cc(C)n(CCCNS(=O)(=O)c2ccc(F)cc2Cl)n1. The van der Waals surface area contributed by atoms with Gasteiger partial charge in [-0.1, -0.05) is 11.6 Å². The van der Waals surface area contributed by atoms with Gasteiger partial charge in [-0.05, 0) is 44.5 Å². The number of aromatic nitrogens is 2. The van der Waals surface area contributed by atoms with Crippen LogP contribution in [-0.4, -0.2) is 24.7 Å². The van der Waals surface area contributed by atoms with Crippen LogP contribution >= 0.6 is 11.6 Å². The minimum absolute atomic E-state index is 0.123. The second kappa shape index (κ2) is 6.76. The summed E-state index contributed by atoms with van der Waals surface area (Å²) in [5, 5.41) is 4.17. The van der Waals surface area contributed by atoms with E-state index >= 15 is 0 Å². The Morgan fingerprint density at radius 3 is 2.64 bits per heavy atom. The maximum absolute atomic E-state index is 13.0. The summed E-state index contributed by atoms with van der Waals surface area (Å²) in [5.74, 6) is -0.575. The van der Waals surface area contributed by atoms with Crippen molar-refractivity contribution in [3.05, 3.63) is 46.5 Å². The second-order valence-corrected chi connectivity index (χ2v) is 7.12. The molecule has 1 aromatic heterocycles. The molecule has 0 saturated carbocycles. The Kier molecular flexibility index (Phi) is 5.20. The highest BCUT2D eigenvalue weighted by Gasteiger charge is 2.17. The van der Waals surface area contributed by atoms with Crippen molar-refractivity contribution in [3.63, 3.8) is 0 Å². The Hall–Kier alpha value is -1.44. The predicted molar refractivity (Wildman–Crippen MR) is 82.9 cm³/mol. The first-order valence-corrected chi connectivity index (χ1v) is 8.61. The van der Waals surface area contributed by atoms with Crippen LogP contribution in [-0.2, 0) is 16.6 Å². The Morgan fingerprint density at radius 1 is 1.32 bits per heavy atom. The van der Waals surface area contributed by atoms with Crippen LogP contribution in [0, 0.1) is 19.7 Å². The summed E-state index contributed by atoms with van der Waals surface area (Å²) in [6.07, 6.45) is 0.583. The van der Waals surface area contributed by atoms with E-state index in [9.17, 15) is 12.8 Å². The number of hydrogen-bond donors (Lipinski definition) is 1. The Labute approximate surface area is 134 Å². The van der Waals surface area contributed by atoms with E-state index in [2.05, 4.69) is 9.82 Å². The van der Waals surface area contributed by atoms with E-state index < -0.39 is 15.8 Å². The molecule has 120 valence electrons. The third kappa shape index (κ3) is 4.06. The quantitative estimate of drug-likeness (QED) is 0.819. The van der Waals surface area contributed by atoms with Gasteiger partial charge in [-0.3, -0.25) is 4.68 Å². The Bertz CT molecular complexity index is 774.